The van der Waals surface area contributed by atoms with Gasteiger partial charge in [-0.2, -0.15) is 0 Å². The lowest BCUT2D eigenvalue weighted by molar-refractivity contribution is -0.139. The molecule has 1 aliphatic heterocycles. The molecule has 2 aliphatic carbocycles. The Labute approximate surface area is 127 Å². The van der Waals surface area contributed by atoms with Gasteiger partial charge in [-0.1, -0.05) is 12.1 Å². The van der Waals surface area contributed by atoms with E-state index in [1.807, 2.05) is 0 Å². The Kier molecular flexibility index (Phi) is 4.08. The lowest BCUT2D eigenvalue weighted by Gasteiger charge is -2.43. The molecule has 4 nitrogen and oxygen atoms in total. The summed E-state index contributed by atoms with van der Waals surface area (Å²) in [6, 6.07) is 0. The fourth-order valence-electron chi connectivity index (χ4n) is 5.32. The van der Waals surface area contributed by atoms with E-state index in [0.717, 1.165) is 63.7 Å². The summed E-state index contributed by atoms with van der Waals surface area (Å²) in [5.41, 5.74) is 0.700. The van der Waals surface area contributed by atoms with E-state index >= 15 is 0 Å². The lowest BCUT2D eigenvalue weighted by atomic mass is 9.58. The second-order valence-electron chi connectivity index (χ2n) is 7.60. The Balaban J connectivity index is 1.97. The lowest BCUT2D eigenvalue weighted by Crippen LogP contribution is -2.46. The number of Topliss-reactive ketones (excluding diaryl/α,β-unsaturated/α-hetero) is 1. The zero-order chi connectivity index (χ0) is 15.0. The van der Waals surface area contributed by atoms with E-state index in [2.05, 4.69) is 24.0 Å². The van der Waals surface area contributed by atoms with Gasteiger partial charge in [-0.25, -0.2) is 0 Å². The fourth-order valence-corrected chi connectivity index (χ4v) is 5.32. The van der Waals surface area contributed by atoms with Gasteiger partial charge in [0.15, 0.2) is 0 Å². The van der Waals surface area contributed by atoms with Crippen LogP contribution in [0.2, 0.25) is 0 Å². The molecule has 3 rings (SSSR count). The summed E-state index contributed by atoms with van der Waals surface area (Å²) in [4.78, 5) is 15.4. The van der Waals surface area contributed by atoms with Gasteiger partial charge in [-0.15, -0.1) is 0 Å². The third kappa shape index (κ3) is 2.41. The van der Waals surface area contributed by atoms with Crippen LogP contribution in [0.1, 0.15) is 51.9 Å². The zero-order valence-electron chi connectivity index (χ0n) is 13.3. The molecule has 21 heavy (non-hydrogen) atoms. The molecule has 0 radical (unpaired) electrons. The predicted octanol–water partition coefficient (Wildman–Crippen LogP) is 2.94. The quantitative estimate of drug-likeness (QED) is 0.551. The molecule has 2 saturated carbocycles. The number of carbonyl (C=O) groups is 1. The van der Waals surface area contributed by atoms with Crippen LogP contribution in [-0.2, 0) is 4.79 Å². The molecule has 1 heterocycles. The third-order valence-electron chi connectivity index (χ3n) is 6.24. The van der Waals surface area contributed by atoms with Crippen molar-refractivity contribution in [2.24, 2.45) is 28.3 Å². The molecule has 0 aromatic carbocycles. The average Bonchev–Trinajstić information content (AvgIpc) is 2.76. The topological polar surface area (TPSA) is 52.9 Å². The minimum Gasteiger partial charge on any atom is -0.411 e. The SMILES string of the molecule is CC1CC(=O)C23CCCN(C)CCC[C@H]2/C(=N/O)C[C@@H]3C1. The highest BCUT2D eigenvalue weighted by Crippen LogP contribution is 2.57. The van der Waals surface area contributed by atoms with Crippen molar-refractivity contribution in [2.45, 2.75) is 51.9 Å². The predicted molar refractivity (Wildman–Crippen MR) is 82.6 cm³/mol. The zero-order valence-corrected chi connectivity index (χ0v) is 13.3. The first-order valence-corrected chi connectivity index (χ1v) is 8.50. The summed E-state index contributed by atoms with van der Waals surface area (Å²) in [7, 11) is 2.17. The van der Waals surface area contributed by atoms with Crippen LogP contribution >= 0.6 is 0 Å². The van der Waals surface area contributed by atoms with Crippen LogP contribution in [0.25, 0.3) is 0 Å². The van der Waals surface area contributed by atoms with Crippen molar-refractivity contribution in [2.75, 3.05) is 20.1 Å². The molecule has 2 unspecified atom stereocenters. The number of hydrogen-bond acceptors (Lipinski definition) is 4. The maximum atomic E-state index is 13.0. The van der Waals surface area contributed by atoms with Gasteiger partial charge in [0.05, 0.1) is 5.71 Å². The van der Waals surface area contributed by atoms with Crippen LogP contribution in [0.3, 0.4) is 0 Å². The van der Waals surface area contributed by atoms with Crippen molar-refractivity contribution in [3.63, 3.8) is 0 Å². The smallest absolute Gasteiger partial charge is 0.140 e. The minimum atomic E-state index is -0.209. The molecule has 1 saturated heterocycles. The first kappa shape index (κ1) is 15.0. The molecule has 118 valence electrons. The Morgan fingerprint density at radius 2 is 2.05 bits per heavy atom. The maximum Gasteiger partial charge on any atom is 0.140 e. The Morgan fingerprint density at radius 1 is 1.29 bits per heavy atom. The largest absolute Gasteiger partial charge is 0.411 e. The molecule has 1 N–H and O–H groups in total. The highest BCUT2D eigenvalue weighted by Gasteiger charge is 2.59. The summed E-state index contributed by atoms with van der Waals surface area (Å²) in [5.74, 6) is 1.55. The van der Waals surface area contributed by atoms with E-state index < -0.39 is 0 Å². The van der Waals surface area contributed by atoms with Crippen LogP contribution in [0.5, 0.6) is 0 Å². The summed E-state index contributed by atoms with van der Waals surface area (Å²) in [5, 5.41) is 13.1. The van der Waals surface area contributed by atoms with Crippen LogP contribution < -0.4 is 0 Å². The Bertz CT molecular complexity index is 448. The van der Waals surface area contributed by atoms with Crippen LogP contribution in [0.4, 0.5) is 0 Å². The molecule has 0 bridgehead atoms. The molecule has 0 aromatic heterocycles. The standard InChI is InChI=1S/C17H28N2O2/c1-12-9-13-11-15(18-21)14-5-3-7-19(2)8-4-6-17(13,14)16(20)10-12/h12-14,21H,3-11H2,1-2H3/b18-15+/t12?,13-,14-,17?/m0/s1. The van der Waals surface area contributed by atoms with Gasteiger partial charge in [-0.3, -0.25) is 4.79 Å². The fraction of sp³-hybridized carbons (Fsp3) is 0.882. The number of carbonyl (C=O) groups excluding carboxylic acids is 1. The van der Waals surface area contributed by atoms with Crippen molar-refractivity contribution in [1.82, 2.24) is 4.90 Å². The van der Waals surface area contributed by atoms with E-state index in [1.165, 1.54) is 0 Å². The van der Waals surface area contributed by atoms with Crippen molar-refractivity contribution in [3.8, 4) is 0 Å². The molecule has 4 heteroatoms. The van der Waals surface area contributed by atoms with Gasteiger partial charge in [0, 0.05) is 17.8 Å². The summed E-state index contributed by atoms with van der Waals surface area (Å²) < 4.78 is 0. The summed E-state index contributed by atoms with van der Waals surface area (Å²) in [6.45, 7) is 4.35. The van der Waals surface area contributed by atoms with E-state index in [9.17, 15) is 10.0 Å². The van der Waals surface area contributed by atoms with Gasteiger partial charge < -0.3 is 10.1 Å². The maximum absolute atomic E-state index is 13.0. The van der Waals surface area contributed by atoms with E-state index in [1.54, 1.807) is 0 Å². The van der Waals surface area contributed by atoms with Crippen LogP contribution in [-0.4, -0.2) is 41.7 Å². The van der Waals surface area contributed by atoms with E-state index in [0.29, 0.717) is 17.6 Å². The number of rotatable bonds is 0. The number of hydrogen-bond donors (Lipinski definition) is 1. The van der Waals surface area contributed by atoms with Gasteiger partial charge in [0.1, 0.15) is 5.78 Å². The normalized spacial score (nSPS) is 43.8. The summed E-state index contributed by atoms with van der Waals surface area (Å²) in [6.07, 6.45) is 6.85. The molecule has 4 atom stereocenters. The molecule has 1 spiro atoms. The number of nitrogens with zero attached hydrogens (tertiary/aromatic N) is 2. The number of oxime groups is 1. The molecule has 3 fully saturated rings. The van der Waals surface area contributed by atoms with Crippen LogP contribution in [0.15, 0.2) is 5.16 Å². The van der Waals surface area contributed by atoms with Crippen molar-refractivity contribution >= 4 is 11.5 Å². The number of ketones is 1. The summed E-state index contributed by atoms with van der Waals surface area (Å²) >= 11 is 0. The van der Waals surface area contributed by atoms with Gasteiger partial charge in [0.2, 0.25) is 0 Å². The second-order valence-corrected chi connectivity index (χ2v) is 7.60. The first-order valence-electron chi connectivity index (χ1n) is 8.50. The molecule has 0 aromatic rings. The Hall–Kier alpha value is -0.900. The van der Waals surface area contributed by atoms with Crippen molar-refractivity contribution < 1.29 is 10.0 Å². The minimum absolute atomic E-state index is 0.194. The Morgan fingerprint density at radius 3 is 2.81 bits per heavy atom. The molecule has 3 aliphatic rings. The highest BCUT2D eigenvalue weighted by molar-refractivity contribution is 5.99. The molecular weight excluding hydrogens is 264 g/mol. The highest BCUT2D eigenvalue weighted by atomic mass is 16.4. The van der Waals surface area contributed by atoms with Gasteiger partial charge >= 0.3 is 0 Å². The monoisotopic (exact) mass is 292 g/mol. The van der Waals surface area contributed by atoms with Gasteiger partial charge in [-0.05, 0) is 70.5 Å². The van der Waals surface area contributed by atoms with E-state index in [-0.39, 0.29) is 11.3 Å². The first-order chi connectivity index (χ1) is 10.1. The average molecular weight is 292 g/mol. The van der Waals surface area contributed by atoms with Gasteiger partial charge in [0.25, 0.3) is 0 Å². The third-order valence-corrected chi connectivity index (χ3v) is 6.24. The molecular formula is C17H28N2O2. The van der Waals surface area contributed by atoms with Crippen LogP contribution in [0, 0.1) is 23.2 Å². The van der Waals surface area contributed by atoms with Crippen molar-refractivity contribution in [1.29, 1.82) is 0 Å². The molecule has 0 amide bonds. The van der Waals surface area contributed by atoms with Crippen molar-refractivity contribution in [3.05, 3.63) is 0 Å². The second kappa shape index (κ2) is 5.71. The van der Waals surface area contributed by atoms with E-state index in [4.69, 9.17) is 0 Å².